The Bertz CT molecular complexity index is 331. The molecular formula is C14H23NO2. The average Bonchev–Trinajstić information content (AvgIpc) is 2.27. The fourth-order valence-electron chi connectivity index (χ4n) is 1.44. The second kappa shape index (κ2) is 6.62. The molecule has 0 aromatic heterocycles. The molecular weight excluding hydrogens is 214 g/mol. The Morgan fingerprint density at radius 1 is 1.29 bits per heavy atom. The molecule has 0 aliphatic heterocycles. The standard InChI is InChI=1S/C14H23NO2/c1-4-9-15-10-12-7-5-6-8-13(12)17-11-14(2,3)16/h5-8,15-16H,4,9-11H2,1-3H3. The first-order valence-corrected chi connectivity index (χ1v) is 6.17. The number of rotatable bonds is 7. The number of aliphatic hydroxyl groups is 1. The summed E-state index contributed by atoms with van der Waals surface area (Å²) < 4.78 is 5.64. The SMILES string of the molecule is CCCNCc1ccccc1OCC(C)(C)O. The summed E-state index contributed by atoms with van der Waals surface area (Å²) in [7, 11) is 0. The molecule has 0 aliphatic rings. The highest BCUT2D eigenvalue weighted by Crippen LogP contribution is 2.19. The lowest BCUT2D eigenvalue weighted by atomic mass is 10.1. The summed E-state index contributed by atoms with van der Waals surface area (Å²) in [5.74, 6) is 0.846. The predicted octanol–water partition coefficient (Wildman–Crippen LogP) is 2.34. The summed E-state index contributed by atoms with van der Waals surface area (Å²) in [5, 5.41) is 13.0. The minimum atomic E-state index is -0.802. The summed E-state index contributed by atoms with van der Waals surface area (Å²) in [6.45, 7) is 7.73. The Kier molecular flexibility index (Phi) is 5.45. The van der Waals surface area contributed by atoms with Crippen LogP contribution in [0.1, 0.15) is 32.8 Å². The van der Waals surface area contributed by atoms with Crippen molar-refractivity contribution >= 4 is 0 Å². The van der Waals surface area contributed by atoms with Crippen LogP contribution in [-0.2, 0) is 6.54 Å². The van der Waals surface area contributed by atoms with Crippen LogP contribution in [0, 0.1) is 0 Å². The smallest absolute Gasteiger partial charge is 0.123 e. The highest BCUT2D eigenvalue weighted by Gasteiger charge is 2.14. The van der Waals surface area contributed by atoms with E-state index in [-0.39, 0.29) is 0 Å². The van der Waals surface area contributed by atoms with Crippen molar-refractivity contribution in [2.24, 2.45) is 0 Å². The molecule has 0 spiro atoms. The van der Waals surface area contributed by atoms with Gasteiger partial charge in [-0.25, -0.2) is 0 Å². The zero-order valence-electron chi connectivity index (χ0n) is 11.0. The lowest BCUT2D eigenvalue weighted by Crippen LogP contribution is -2.28. The molecule has 3 nitrogen and oxygen atoms in total. The van der Waals surface area contributed by atoms with Crippen LogP contribution in [-0.4, -0.2) is 23.9 Å². The maximum absolute atomic E-state index is 9.64. The molecule has 2 N–H and O–H groups in total. The van der Waals surface area contributed by atoms with Gasteiger partial charge in [-0.2, -0.15) is 0 Å². The largest absolute Gasteiger partial charge is 0.490 e. The molecule has 1 aromatic carbocycles. The number of hydrogen-bond acceptors (Lipinski definition) is 3. The molecule has 0 unspecified atom stereocenters. The van der Waals surface area contributed by atoms with Crippen LogP contribution in [0.25, 0.3) is 0 Å². The Morgan fingerprint density at radius 2 is 2.00 bits per heavy atom. The Labute approximate surface area is 104 Å². The van der Waals surface area contributed by atoms with Gasteiger partial charge in [0.25, 0.3) is 0 Å². The van der Waals surface area contributed by atoms with Crippen molar-refractivity contribution in [2.75, 3.05) is 13.2 Å². The molecule has 17 heavy (non-hydrogen) atoms. The summed E-state index contributed by atoms with van der Waals surface area (Å²) in [4.78, 5) is 0. The van der Waals surface area contributed by atoms with Gasteiger partial charge in [0, 0.05) is 12.1 Å². The van der Waals surface area contributed by atoms with Gasteiger partial charge < -0.3 is 15.2 Å². The van der Waals surface area contributed by atoms with Crippen molar-refractivity contribution in [3.8, 4) is 5.75 Å². The Balaban J connectivity index is 2.58. The Hall–Kier alpha value is -1.06. The van der Waals surface area contributed by atoms with Gasteiger partial charge in [0.15, 0.2) is 0 Å². The van der Waals surface area contributed by atoms with Gasteiger partial charge in [-0.15, -0.1) is 0 Å². The summed E-state index contributed by atoms with van der Waals surface area (Å²) in [6, 6.07) is 7.93. The van der Waals surface area contributed by atoms with Gasteiger partial charge >= 0.3 is 0 Å². The Morgan fingerprint density at radius 3 is 2.65 bits per heavy atom. The molecule has 0 amide bonds. The molecule has 0 aliphatic carbocycles. The summed E-state index contributed by atoms with van der Waals surface area (Å²) in [6.07, 6.45) is 1.12. The van der Waals surface area contributed by atoms with Gasteiger partial charge in [-0.05, 0) is 32.9 Å². The van der Waals surface area contributed by atoms with E-state index in [0.29, 0.717) is 6.61 Å². The third-order valence-electron chi connectivity index (χ3n) is 2.30. The first-order valence-electron chi connectivity index (χ1n) is 6.17. The minimum absolute atomic E-state index is 0.303. The topological polar surface area (TPSA) is 41.5 Å². The van der Waals surface area contributed by atoms with Crippen molar-refractivity contribution in [2.45, 2.75) is 39.3 Å². The van der Waals surface area contributed by atoms with E-state index < -0.39 is 5.60 Å². The average molecular weight is 237 g/mol. The van der Waals surface area contributed by atoms with Crippen LogP contribution >= 0.6 is 0 Å². The summed E-state index contributed by atoms with van der Waals surface area (Å²) >= 11 is 0. The zero-order chi connectivity index (χ0) is 12.7. The van der Waals surface area contributed by atoms with Crippen molar-refractivity contribution in [3.63, 3.8) is 0 Å². The van der Waals surface area contributed by atoms with Crippen LogP contribution in [0.5, 0.6) is 5.75 Å². The van der Waals surface area contributed by atoms with E-state index in [2.05, 4.69) is 12.2 Å². The van der Waals surface area contributed by atoms with Gasteiger partial charge in [-0.1, -0.05) is 25.1 Å². The molecule has 96 valence electrons. The number of para-hydroxylation sites is 1. The summed E-state index contributed by atoms with van der Waals surface area (Å²) in [5.41, 5.74) is 0.328. The molecule has 0 atom stereocenters. The lowest BCUT2D eigenvalue weighted by Gasteiger charge is -2.19. The van der Waals surface area contributed by atoms with Crippen LogP contribution < -0.4 is 10.1 Å². The van der Waals surface area contributed by atoms with E-state index in [1.807, 2.05) is 24.3 Å². The fourth-order valence-corrected chi connectivity index (χ4v) is 1.44. The van der Waals surface area contributed by atoms with Crippen molar-refractivity contribution in [1.29, 1.82) is 0 Å². The second-order valence-corrected chi connectivity index (χ2v) is 4.89. The molecule has 0 bridgehead atoms. The van der Waals surface area contributed by atoms with Gasteiger partial charge in [-0.3, -0.25) is 0 Å². The third-order valence-corrected chi connectivity index (χ3v) is 2.30. The molecule has 0 fully saturated rings. The van der Waals surface area contributed by atoms with Crippen LogP contribution in [0.15, 0.2) is 24.3 Å². The number of benzene rings is 1. The maximum atomic E-state index is 9.64. The van der Waals surface area contributed by atoms with Crippen molar-refractivity contribution in [3.05, 3.63) is 29.8 Å². The van der Waals surface area contributed by atoms with E-state index in [0.717, 1.165) is 30.8 Å². The van der Waals surface area contributed by atoms with Gasteiger partial charge in [0.1, 0.15) is 12.4 Å². The highest BCUT2D eigenvalue weighted by molar-refractivity contribution is 5.33. The fraction of sp³-hybridized carbons (Fsp3) is 0.571. The molecule has 1 rings (SSSR count). The van der Waals surface area contributed by atoms with Crippen LogP contribution in [0.2, 0.25) is 0 Å². The first kappa shape index (κ1) is 14.0. The molecule has 0 heterocycles. The van der Waals surface area contributed by atoms with Crippen LogP contribution in [0.4, 0.5) is 0 Å². The molecule has 0 saturated carbocycles. The minimum Gasteiger partial charge on any atom is -0.490 e. The molecule has 0 radical (unpaired) electrons. The van der Waals surface area contributed by atoms with Crippen molar-refractivity contribution in [1.82, 2.24) is 5.32 Å². The molecule has 3 heteroatoms. The highest BCUT2D eigenvalue weighted by atomic mass is 16.5. The van der Waals surface area contributed by atoms with Gasteiger partial charge in [0.2, 0.25) is 0 Å². The zero-order valence-corrected chi connectivity index (χ0v) is 11.0. The second-order valence-electron chi connectivity index (χ2n) is 4.89. The quantitative estimate of drug-likeness (QED) is 0.715. The van der Waals surface area contributed by atoms with E-state index in [1.54, 1.807) is 13.8 Å². The first-order chi connectivity index (χ1) is 8.03. The third kappa shape index (κ3) is 5.71. The van der Waals surface area contributed by atoms with E-state index in [9.17, 15) is 5.11 Å². The number of hydrogen-bond donors (Lipinski definition) is 2. The maximum Gasteiger partial charge on any atom is 0.123 e. The van der Waals surface area contributed by atoms with Crippen LogP contribution in [0.3, 0.4) is 0 Å². The van der Waals surface area contributed by atoms with Crippen molar-refractivity contribution < 1.29 is 9.84 Å². The predicted molar refractivity (Wildman–Crippen MR) is 70.2 cm³/mol. The normalized spacial score (nSPS) is 11.5. The van der Waals surface area contributed by atoms with E-state index >= 15 is 0 Å². The lowest BCUT2D eigenvalue weighted by molar-refractivity contribution is 0.0281. The van der Waals surface area contributed by atoms with Gasteiger partial charge in [0.05, 0.1) is 5.60 Å². The number of nitrogens with one attached hydrogen (secondary N) is 1. The van der Waals surface area contributed by atoms with E-state index in [4.69, 9.17) is 4.74 Å². The molecule has 1 aromatic rings. The molecule has 0 saturated heterocycles. The number of ether oxygens (including phenoxy) is 1. The monoisotopic (exact) mass is 237 g/mol. The van der Waals surface area contributed by atoms with E-state index in [1.165, 1.54) is 0 Å².